The summed E-state index contributed by atoms with van der Waals surface area (Å²) in [5.74, 6) is 0.127. The van der Waals surface area contributed by atoms with Gasteiger partial charge in [0.15, 0.2) is 5.84 Å². The summed E-state index contributed by atoms with van der Waals surface area (Å²) in [6.07, 6.45) is 0. The second-order valence-corrected chi connectivity index (χ2v) is 5.20. The van der Waals surface area contributed by atoms with Gasteiger partial charge in [0.1, 0.15) is 0 Å². The highest BCUT2D eigenvalue weighted by Gasteiger charge is 2.05. The minimum Gasteiger partial charge on any atom is -0.409 e. The first kappa shape index (κ1) is 15.1. The molecule has 4 N–H and O–H groups in total. The van der Waals surface area contributed by atoms with Crippen LogP contribution in [0.3, 0.4) is 0 Å². The van der Waals surface area contributed by atoms with E-state index in [4.69, 9.17) is 10.9 Å². The molecule has 2 aromatic carbocycles. The third kappa shape index (κ3) is 4.07. The van der Waals surface area contributed by atoms with Gasteiger partial charge in [-0.25, -0.2) is 0 Å². The molecular formula is C17H21N3O. The van der Waals surface area contributed by atoms with E-state index in [0.717, 1.165) is 12.1 Å². The van der Waals surface area contributed by atoms with Gasteiger partial charge in [0, 0.05) is 18.2 Å². The van der Waals surface area contributed by atoms with Crippen LogP contribution in [0.2, 0.25) is 0 Å². The van der Waals surface area contributed by atoms with E-state index >= 15 is 0 Å². The Labute approximate surface area is 125 Å². The Balaban J connectivity index is 1.96. The van der Waals surface area contributed by atoms with Crippen molar-refractivity contribution in [2.45, 2.75) is 26.4 Å². The second-order valence-electron chi connectivity index (χ2n) is 5.20. The van der Waals surface area contributed by atoms with Gasteiger partial charge in [-0.1, -0.05) is 59.3 Å². The normalized spacial score (nSPS) is 13.1. The molecule has 0 radical (unpaired) electrons. The number of rotatable bonds is 5. The van der Waals surface area contributed by atoms with Crippen molar-refractivity contribution in [3.63, 3.8) is 0 Å². The van der Waals surface area contributed by atoms with Crippen molar-refractivity contribution in [3.05, 3.63) is 70.8 Å². The molecule has 2 aromatic rings. The Bertz CT molecular complexity index is 620. The molecule has 2 rings (SSSR count). The van der Waals surface area contributed by atoms with Crippen LogP contribution < -0.4 is 11.1 Å². The lowest BCUT2D eigenvalue weighted by atomic mass is 10.1. The average Bonchev–Trinajstić information content (AvgIpc) is 2.52. The van der Waals surface area contributed by atoms with Crippen LogP contribution in [0, 0.1) is 6.92 Å². The molecular weight excluding hydrogens is 262 g/mol. The lowest BCUT2D eigenvalue weighted by Crippen LogP contribution is -2.18. The fourth-order valence-corrected chi connectivity index (χ4v) is 2.18. The molecule has 0 heterocycles. The fraction of sp³-hybridized carbons (Fsp3) is 0.235. The number of aryl methyl sites for hydroxylation is 1. The SMILES string of the molecule is Cc1cccc([C@H](C)NCc2ccc(/C(N)=N/O)cc2)c1. The van der Waals surface area contributed by atoms with E-state index in [0.29, 0.717) is 5.56 Å². The van der Waals surface area contributed by atoms with Gasteiger partial charge in [-0.15, -0.1) is 0 Å². The Kier molecular flexibility index (Phi) is 4.95. The predicted molar refractivity (Wildman–Crippen MR) is 85.4 cm³/mol. The predicted octanol–water partition coefficient (Wildman–Crippen LogP) is 2.94. The minimum absolute atomic E-state index is 0.127. The number of hydrogen-bond acceptors (Lipinski definition) is 3. The molecule has 0 spiro atoms. The number of nitrogens with one attached hydrogen (secondary N) is 1. The zero-order valence-corrected chi connectivity index (χ0v) is 12.4. The molecule has 110 valence electrons. The van der Waals surface area contributed by atoms with Gasteiger partial charge in [-0.05, 0) is 25.0 Å². The smallest absolute Gasteiger partial charge is 0.170 e. The quantitative estimate of drug-likeness (QED) is 0.342. The van der Waals surface area contributed by atoms with Crippen LogP contribution >= 0.6 is 0 Å². The monoisotopic (exact) mass is 283 g/mol. The molecule has 21 heavy (non-hydrogen) atoms. The van der Waals surface area contributed by atoms with E-state index in [-0.39, 0.29) is 11.9 Å². The zero-order valence-electron chi connectivity index (χ0n) is 12.4. The van der Waals surface area contributed by atoms with Crippen LogP contribution in [-0.2, 0) is 6.54 Å². The number of amidine groups is 1. The van der Waals surface area contributed by atoms with E-state index in [2.05, 4.69) is 48.6 Å². The Morgan fingerprint density at radius 1 is 1.24 bits per heavy atom. The molecule has 0 fully saturated rings. The second kappa shape index (κ2) is 6.90. The van der Waals surface area contributed by atoms with E-state index < -0.39 is 0 Å². The maximum atomic E-state index is 8.63. The van der Waals surface area contributed by atoms with E-state index in [9.17, 15) is 0 Å². The summed E-state index contributed by atoms with van der Waals surface area (Å²) in [5, 5.41) is 15.1. The van der Waals surface area contributed by atoms with Gasteiger partial charge < -0.3 is 16.3 Å². The Morgan fingerprint density at radius 2 is 1.95 bits per heavy atom. The summed E-state index contributed by atoms with van der Waals surface area (Å²) in [5.41, 5.74) is 9.96. The number of oxime groups is 1. The lowest BCUT2D eigenvalue weighted by Gasteiger charge is -2.15. The topological polar surface area (TPSA) is 70.6 Å². The molecule has 1 atom stereocenters. The first-order valence-corrected chi connectivity index (χ1v) is 6.97. The van der Waals surface area contributed by atoms with Crippen LogP contribution in [0.25, 0.3) is 0 Å². The molecule has 0 saturated carbocycles. The van der Waals surface area contributed by atoms with Gasteiger partial charge in [-0.2, -0.15) is 0 Å². The van der Waals surface area contributed by atoms with Crippen molar-refractivity contribution in [2.24, 2.45) is 10.9 Å². The maximum absolute atomic E-state index is 8.63. The van der Waals surface area contributed by atoms with E-state index in [1.165, 1.54) is 11.1 Å². The van der Waals surface area contributed by atoms with Crippen molar-refractivity contribution in [2.75, 3.05) is 0 Å². The summed E-state index contributed by atoms with van der Waals surface area (Å²) < 4.78 is 0. The highest BCUT2D eigenvalue weighted by Crippen LogP contribution is 2.14. The maximum Gasteiger partial charge on any atom is 0.170 e. The number of hydrogen-bond donors (Lipinski definition) is 3. The van der Waals surface area contributed by atoms with Gasteiger partial charge in [0.2, 0.25) is 0 Å². The number of nitrogens with zero attached hydrogens (tertiary/aromatic N) is 1. The lowest BCUT2D eigenvalue weighted by molar-refractivity contribution is 0.318. The third-order valence-corrected chi connectivity index (χ3v) is 3.51. The molecule has 4 heteroatoms. The van der Waals surface area contributed by atoms with Crippen molar-refractivity contribution in [3.8, 4) is 0 Å². The largest absolute Gasteiger partial charge is 0.409 e. The van der Waals surface area contributed by atoms with Crippen LogP contribution in [0.4, 0.5) is 0 Å². The third-order valence-electron chi connectivity index (χ3n) is 3.51. The molecule has 0 aromatic heterocycles. The Hall–Kier alpha value is -2.33. The first-order chi connectivity index (χ1) is 10.1. The molecule has 0 saturated heterocycles. The van der Waals surface area contributed by atoms with Crippen LogP contribution in [0.15, 0.2) is 53.7 Å². The average molecular weight is 283 g/mol. The van der Waals surface area contributed by atoms with Crippen LogP contribution in [0.1, 0.15) is 35.2 Å². The molecule has 0 amide bonds. The first-order valence-electron chi connectivity index (χ1n) is 6.97. The standard InChI is InChI=1S/C17H21N3O/c1-12-4-3-5-16(10-12)13(2)19-11-14-6-8-15(9-7-14)17(18)20-21/h3-10,13,19,21H,11H2,1-2H3,(H2,18,20)/t13-/m0/s1. The summed E-state index contributed by atoms with van der Waals surface area (Å²) in [4.78, 5) is 0. The highest BCUT2D eigenvalue weighted by molar-refractivity contribution is 5.96. The summed E-state index contributed by atoms with van der Waals surface area (Å²) >= 11 is 0. The Morgan fingerprint density at radius 3 is 2.57 bits per heavy atom. The van der Waals surface area contributed by atoms with Gasteiger partial charge in [-0.3, -0.25) is 0 Å². The van der Waals surface area contributed by atoms with Crippen molar-refractivity contribution < 1.29 is 5.21 Å². The zero-order chi connectivity index (χ0) is 15.2. The van der Waals surface area contributed by atoms with Gasteiger partial charge in [0.05, 0.1) is 0 Å². The molecule has 0 aliphatic carbocycles. The molecule has 0 unspecified atom stereocenters. The van der Waals surface area contributed by atoms with E-state index in [1.54, 1.807) is 0 Å². The molecule has 0 bridgehead atoms. The van der Waals surface area contributed by atoms with Gasteiger partial charge >= 0.3 is 0 Å². The van der Waals surface area contributed by atoms with Crippen molar-refractivity contribution in [1.82, 2.24) is 5.32 Å². The number of benzene rings is 2. The van der Waals surface area contributed by atoms with Crippen molar-refractivity contribution in [1.29, 1.82) is 0 Å². The summed E-state index contributed by atoms with van der Waals surface area (Å²) in [7, 11) is 0. The molecule has 0 aliphatic rings. The fourth-order valence-electron chi connectivity index (χ4n) is 2.18. The highest BCUT2D eigenvalue weighted by atomic mass is 16.4. The van der Waals surface area contributed by atoms with Crippen LogP contribution in [-0.4, -0.2) is 11.0 Å². The molecule has 4 nitrogen and oxygen atoms in total. The number of nitrogens with two attached hydrogens (primary N) is 1. The summed E-state index contributed by atoms with van der Waals surface area (Å²) in [6.45, 7) is 5.02. The molecule has 0 aliphatic heterocycles. The van der Waals surface area contributed by atoms with E-state index in [1.807, 2.05) is 24.3 Å². The van der Waals surface area contributed by atoms with Crippen LogP contribution in [0.5, 0.6) is 0 Å². The minimum atomic E-state index is 0.127. The van der Waals surface area contributed by atoms with Crippen molar-refractivity contribution >= 4 is 5.84 Å². The van der Waals surface area contributed by atoms with Gasteiger partial charge in [0.25, 0.3) is 0 Å². The summed E-state index contributed by atoms with van der Waals surface area (Å²) in [6, 6.07) is 16.4.